The van der Waals surface area contributed by atoms with E-state index in [1.807, 2.05) is 37.9 Å². The van der Waals surface area contributed by atoms with Crippen LogP contribution in [0.15, 0.2) is 48.0 Å². The van der Waals surface area contributed by atoms with E-state index in [1.54, 1.807) is 7.11 Å². The van der Waals surface area contributed by atoms with Crippen LogP contribution in [0, 0.1) is 0 Å². The number of methoxy groups -OCH3 is 1. The minimum atomic E-state index is 0.900. The molecule has 0 amide bonds. The maximum atomic E-state index is 5.49. The van der Waals surface area contributed by atoms with Gasteiger partial charge in [-0.3, -0.25) is 4.99 Å². The van der Waals surface area contributed by atoms with E-state index in [2.05, 4.69) is 41.8 Å². The SMILES string of the molecule is CN=C(NCCCn1ccnc1)N1CCN(c2ccccc2OC)CC1. The summed E-state index contributed by atoms with van der Waals surface area (Å²) in [6.45, 7) is 5.66. The number of aliphatic imine (C=N–C) groups is 1. The molecule has 0 spiro atoms. The van der Waals surface area contributed by atoms with Crippen LogP contribution in [0.4, 0.5) is 5.69 Å². The second-order valence-electron chi connectivity index (χ2n) is 6.27. The van der Waals surface area contributed by atoms with Crippen LogP contribution < -0.4 is 15.0 Å². The highest BCUT2D eigenvalue weighted by Crippen LogP contribution is 2.28. The number of guanidine groups is 1. The normalized spacial score (nSPS) is 15.2. The Labute approximate surface area is 155 Å². The van der Waals surface area contributed by atoms with Crippen LogP contribution >= 0.6 is 0 Å². The van der Waals surface area contributed by atoms with Gasteiger partial charge in [-0.15, -0.1) is 0 Å². The van der Waals surface area contributed by atoms with Crippen LogP contribution in [-0.2, 0) is 6.54 Å². The Morgan fingerprint density at radius 3 is 2.73 bits per heavy atom. The minimum Gasteiger partial charge on any atom is -0.495 e. The number of imidazole rings is 1. The monoisotopic (exact) mass is 356 g/mol. The first-order chi connectivity index (χ1) is 12.8. The number of nitrogens with zero attached hydrogens (tertiary/aromatic N) is 5. The van der Waals surface area contributed by atoms with E-state index in [4.69, 9.17) is 4.74 Å². The van der Waals surface area contributed by atoms with Gasteiger partial charge in [0.1, 0.15) is 5.75 Å². The molecular formula is C19H28N6O. The van der Waals surface area contributed by atoms with Gasteiger partial charge in [0.2, 0.25) is 0 Å². The minimum absolute atomic E-state index is 0.900. The Kier molecular flexibility index (Phi) is 6.35. The molecule has 3 rings (SSSR count). The molecule has 2 heterocycles. The molecule has 1 saturated heterocycles. The molecule has 1 fully saturated rings. The van der Waals surface area contributed by atoms with Gasteiger partial charge in [0.25, 0.3) is 0 Å². The average molecular weight is 356 g/mol. The first-order valence-corrected chi connectivity index (χ1v) is 9.11. The molecule has 7 heteroatoms. The molecule has 7 nitrogen and oxygen atoms in total. The number of hydrogen-bond acceptors (Lipinski definition) is 4. The summed E-state index contributed by atoms with van der Waals surface area (Å²) in [6.07, 6.45) is 6.70. The topological polar surface area (TPSA) is 57.9 Å². The molecular weight excluding hydrogens is 328 g/mol. The molecule has 2 aromatic rings. The lowest BCUT2D eigenvalue weighted by Crippen LogP contribution is -2.52. The van der Waals surface area contributed by atoms with Crippen LogP contribution in [0.25, 0.3) is 0 Å². The van der Waals surface area contributed by atoms with Gasteiger partial charge < -0.3 is 24.4 Å². The molecule has 0 unspecified atom stereocenters. The van der Waals surface area contributed by atoms with Crippen molar-refractivity contribution in [1.29, 1.82) is 0 Å². The van der Waals surface area contributed by atoms with E-state index in [9.17, 15) is 0 Å². The van der Waals surface area contributed by atoms with Crippen molar-refractivity contribution in [2.45, 2.75) is 13.0 Å². The van der Waals surface area contributed by atoms with Gasteiger partial charge in [0, 0.05) is 58.7 Å². The van der Waals surface area contributed by atoms with Gasteiger partial charge in [0.05, 0.1) is 19.1 Å². The fourth-order valence-electron chi connectivity index (χ4n) is 3.26. The Balaban J connectivity index is 1.46. The number of para-hydroxylation sites is 2. The molecule has 1 aliphatic rings. The lowest BCUT2D eigenvalue weighted by molar-refractivity contribution is 0.366. The quantitative estimate of drug-likeness (QED) is 0.485. The van der Waals surface area contributed by atoms with Crippen molar-refractivity contribution < 1.29 is 4.74 Å². The number of nitrogens with one attached hydrogen (secondary N) is 1. The van der Waals surface area contributed by atoms with E-state index in [0.29, 0.717) is 0 Å². The van der Waals surface area contributed by atoms with E-state index in [1.165, 1.54) is 0 Å². The fraction of sp³-hybridized carbons (Fsp3) is 0.474. The molecule has 1 N–H and O–H groups in total. The van der Waals surface area contributed by atoms with Crippen molar-refractivity contribution in [3.05, 3.63) is 43.0 Å². The first kappa shape index (κ1) is 18.1. The zero-order chi connectivity index (χ0) is 18.2. The van der Waals surface area contributed by atoms with E-state index >= 15 is 0 Å². The van der Waals surface area contributed by atoms with Crippen molar-refractivity contribution in [2.75, 3.05) is 51.8 Å². The number of hydrogen-bond donors (Lipinski definition) is 1. The number of aryl methyl sites for hydroxylation is 1. The predicted octanol–water partition coefficient (Wildman–Crippen LogP) is 1.68. The molecule has 0 atom stereocenters. The number of anilines is 1. The van der Waals surface area contributed by atoms with Crippen LogP contribution in [0.2, 0.25) is 0 Å². The number of rotatable bonds is 6. The molecule has 1 aromatic heterocycles. The van der Waals surface area contributed by atoms with Crippen LogP contribution in [0.5, 0.6) is 5.75 Å². The Morgan fingerprint density at radius 2 is 2.04 bits per heavy atom. The van der Waals surface area contributed by atoms with Crippen LogP contribution in [-0.4, -0.2) is 67.3 Å². The Morgan fingerprint density at radius 1 is 1.23 bits per heavy atom. The maximum absolute atomic E-state index is 5.49. The van der Waals surface area contributed by atoms with Gasteiger partial charge in [0.15, 0.2) is 5.96 Å². The lowest BCUT2D eigenvalue weighted by Gasteiger charge is -2.38. The van der Waals surface area contributed by atoms with E-state index in [0.717, 1.165) is 63.1 Å². The zero-order valence-corrected chi connectivity index (χ0v) is 15.6. The molecule has 0 radical (unpaired) electrons. The summed E-state index contributed by atoms with van der Waals surface area (Å²) in [5.74, 6) is 1.92. The average Bonchev–Trinajstić information content (AvgIpc) is 3.22. The van der Waals surface area contributed by atoms with Gasteiger partial charge in [-0.05, 0) is 18.6 Å². The second kappa shape index (κ2) is 9.12. The summed E-state index contributed by atoms with van der Waals surface area (Å²) in [5, 5.41) is 3.48. The summed E-state index contributed by atoms with van der Waals surface area (Å²) >= 11 is 0. The molecule has 0 bridgehead atoms. The maximum Gasteiger partial charge on any atom is 0.193 e. The van der Waals surface area contributed by atoms with Crippen LogP contribution in [0.1, 0.15) is 6.42 Å². The van der Waals surface area contributed by atoms with Gasteiger partial charge in [-0.1, -0.05) is 12.1 Å². The van der Waals surface area contributed by atoms with E-state index < -0.39 is 0 Å². The van der Waals surface area contributed by atoms with Crippen molar-refractivity contribution in [3.63, 3.8) is 0 Å². The number of aromatic nitrogens is 2. The molecule has 0 saturated carbocycles. The third-order valence-corrected chi connectivity index (χ3v) is 4.65. The molecule has 1 aliphatic heterocycles. The molecule has 0 aliphatic carbocycles. The van der Waals surface area contributed by atoms with E-state index in [-0.39, 0.29) is 0 Å². The second-order valence-corrected chi connectivity index (χ2v) is 6.27. The molecule has 140 valence electrons. The summed E-state index contributed by atoms with van der Waals surface area (Å²) in [6, 6.07) is 8.21. The predicted molar refractivity (Wildman–Crippen MR) is 105 cm³/mol. The number of benzene rings is 1. The zero-order valence-electron chi connectivity index (χ0n) is 15.6. The third kappa shape index (κ3) is 4.47. The third-order valence-electron chi connectivity index (χ3n) is 4.65. The smallest absolute Gasteiger partial charge is 0.193 e. The Bertz CT molecular complexity index is 692. The first-order valence-electron chi connectivity index (χ1n) is 9.11. The number of ether oxygens (including phenoxy) is 1. The van der Waals surface area contributed by atoms with Gasteiger partial charge in [-0.2, -0.15) is 0 Å². The van der Waals surface area contributed by atoms with Crippen molar-refractivity contribution in [1.82, 2.24) is 19.8 Å². The van der Waals surface area contributed by atoms with Crippen LogP contribution in [0.3, 0.4) is 0 Å². The highest BCUT2D eigenvalue weighted by Gasteiger charge is 2.21. The highest BCUT2D eigenvalue weighted by molar-refractivity contribution is 5.80. The van der Waals surface area contributed by atoms with Crippen molar-refractivity contribution >= 4 is 11.6 Å². The summed E-state index contributed by atoms with van der Waals surface area (Å²) < 4.78 is 7.59. The van der Waals surface area contributed by atoms with Crippen molar-refractivity contribution in [2.24, 2.45) is 4.99 Å². The van der Waals surface area contributed by atoms with Crippen molar-refractivity contribution in [3.8, 4) is 5.75 Å². The molecule has 1 aromatic carbocycles. The summed E-state index contributed by atoms with van der Waals surface area (Å²) in [4.78, 5) is 13.2. The Hall–Kier alpha value is -2.70. The standard InChI is InChI=1S/C19H28N6O/c1-20-19(22-8-5-10-23-11-9-21-16-23)25-14-12-24(13-15-25)17-6-3-4-7-18(17)26-2/h3-4,6-7,9,11,16H,5,8,10,12-15H2,1-2H3,(H,20,22). The molecule has 26 heavy (non-hydrogen) atoms. The fourth-order valence-corrected chi connectivity index (χ4v) is 3.26. The highest BCUT2D eigenvalue weighted by atomic mass is 16.5. The largest absolute Gasteiger partial charge is 0.495 e. The number of piperazine rings is 1. The van der Waals surface area contributed by atoms with Gasteiger partial charge in [-0.25, -0.2) is 4.98 Å². The lowest BCUT2D eigenvalue weighted by atomic mass is 10.2. The van der Waals surface area contributed by atoms with Gasteiger partial charge >= 0.3 is 0 Å². The summed E-state index contributed by atoms with van der Waals surface area (Å²) in [7, 11) is 3.58. The summed E-state index contributed by atoms with van der Waals surface area (Å²) in [5.41, 5.74) is 1.16.